The van der Waals surface area contributed by atoms with Crippen LogP contribution >= 0.6 is 0 Å². The van der Waals surface area contributed by atoms with Gasteiger partial charge in [0.05, 0.1) is 13.4 Å². The molecule has 0 bridgehead atoms. The summed E-state index contributed by atoms with van der Waals surface area (Å²) in [6.07, 6.45) is 12.1. The zero-order chi connectivity index (χ0) is 7.23. The number of ether oxygens (including phenoxy) is 1. The van der Waals surface area contributed by atoms with Crippen LogP contribution in [0.2, 0.25) is 0 Å². The van der Waals surface area contributed by atoms with Gasteiger partial charge in [0.2, 0.25) is 0 Å². The molecule has 1 atom stereocenters. The van der Waals surface area contributed by atoms with Gasteiger partial charge >= 0.3 is 0 Å². The van der Waals surface area contributed by atoms with Crippen molar-refractivity contribution in [3.8, 4) is 0 Å². The van der Waals surface area contributed by atoms with E-state index in [1.54, 1.807) is 13.4 Å². The molecule has 1 unspecified atom stereocenters. The van der Waals surface area contributed by atoms with E-state index in [0.29, 0.717) is 5.92 Å². The maximum absolute atomic E-state index is 4.84. The molecule has 0 heterocycles. The molecule has 1 heteroatoms. The molecule has 1 rings (SSSR count). The predicted molar refractivity (Wildman–Crippen MR) is 42.6 cm³/mol. The van der Waals surface area contributed by atoms with Crippen molar-refractivity contribution in [3.05, 3.63) is 24.5 Å². The number of rotatable bonds is 2. The average molecular weight is 138 g/mol. The zero-order valence-corrected chi connectivity index (χ0v) is 6.42. The molecule has 0 N–H and O–H groups in total. The summed E-state index contributed by atoms with van der Waals surface area (Å²) in [5.74, 6) is 0.713. The summed E-state index contributed by atoms with van der Waals surface area (Å²) >= 11 is 0. The molecule has 0 radical (unpaired) electrons. The van der Waals surface area contributed by atoms with E-state index in [9.17, 15) is 0 Å². The van der Waals surface area contributed by atoms with E-state index in [4.69, 9.17) is 4.74 Å². The topological polar surface area (TPSA) is 9.23 Å². The van der Waals surface area contributed by atoms with E-state index in [0.717, 1.165) is 0 Å². The van der Waals surface area contributed by atoms with Crippen LogP contribution in [-0.4, -0.2) is 7.11 Å². The van der Waals surface area contributed by atoms with Gasteiger partial charge in [0.15, 0.2) is 0 Å². The van der Waals surface area contributed by atoms with Gasteiger partial charge in [-0.05, 0) is 31.3 Å². The van der Waals surface area contributed by atoms with Gasteiger partial charge < -0.3 is 4.74 Å². The lowest BCUT2D eigenvalue weighted by molar-refractivity contribution is 0.332. The van der Waals surface area contributed by atoms with Crippen LogP contribution in [0.25, 0.3) is 0 Å². The summed E-state index contributed by atoms with van der Waals surface area (Å²) in [4.78, 5) is 0. The molecule has 1 nitrogen and oxygen atoms in total. The second kappa shape index (κ2) is 4.15. The molecular formula is C9H14O. The highest BCUT2D eigenvalue weighted by atomic mass is 16.5. The van der Waals surface area contributed by atoms with Gasteiger partial charge in [0.25, 0.3) is 0 Å². The van der Waals surface area contributed by atoms with Crippen LogP contribution < -0.4 is 0 Å². The molecule has 1 aliphatic rings. The highest BCUT2D eigenvalue weighted by Gasteiger charge is 2.04. The molecule has 0 fully saturated rings. The molecule has 0 saturated heterocycles. The van der Waals surface area contributed by atoms with Crippen LogP contribution in [0.1, 0.15) is 19.3 Å². The summed E-state index contributed by atoms with van der Waals surface area (Å²) < 4.78 is 4.84. The lowest BCUT2D eigenvalue weighted by Gasteiger charge is -2.11. The van der Waals surface area contributed by atoms with E-state index >= 15 is 0 Å². The van der Waals surface area contributed by atoms with Crippen molar-refractivity contribution in [3.63, 3.8) is 0 Å². The minimum Gasteiger partial charge on any atom is -0.505 e. The van der Waals surface area contributed by atoms with Crippen molar-refractivity contribution in [2.75, 3.05) is 7.11 Å². The third-order valence-electron chi connectivity index (χ3n) is 1.80. The maximum Gasteiger partial charge on any atom is 0.0787 e. The minimum absolute atomic E-state index is 0.713. The standard InChI is InChI=1S/C9H14O/c1-10-8-7-9-5-3-2-4-6-9/h2-3,7-9H,4-6H2,1H3/b8-7+. The van der Waals surface area contributed by atoms with Crippen molar-refractivity contribution in [1.29, 1.82) is 0 Å². The van der Waals surface area contributed by atoms with E-state index in [2.05, 4.69) is 18.2 Å². The first kappa shape index (κ1) is 7.39. The van der Waals surface area contributed by atoms with Gasteiger partial charge in [-0.3, -0.25) is 0 Å². The molecule has 0 saturated carbocycles. The molecule has 0 aliphatic heterocycles. The van der Waals surface area contributed by atoms with Crippen LogP contribution in [-0.2, 0) is 4.74 Å². The van der Waals surface area contributed by atoms with E-state index in [1.807, 2.05) is 0 Å². The lowest BCUT2D eigenvalue weighted by atomic mass is 9.95. The highest BCUT2D eigenvalue weighted by molar-refractivity contribution is 4.96. The van der Waals surface area contributed by atoms with Crippen molar-refractivity contribution in [2.45, 2.75) is 19.3 Å². The Labute approximate surface area is 62.4 Å². The first-order chi connectivity index (χ1) is 4.93. The SMILES string of the molecule is CO/C=C/C1CC=CCC1. The Balaban J connectivity index is 2.28. The van der Waals surface area contributed by atoms with Gasteiger partial charge in [-0.25, -0.2) is 0 Å². The van der Waals surface area contributed by atoms with Crippen molar-refractivity contribution >= 4 is 0 Å². The quantitative estimate of drug-likeness (QED) is 0.421. The monoisotopic (exact) mass is 138 g/mol. The molecule has 0 aromatic carbocycles. The summed E-state index contributed by atoms with van der Waals surface area (Å²) in [6, 6.07) is 0. The fraction of sp³-hybridized carbons (Fsp3) is 0.556. The highest BCUT2D eigenvalue weighted by Crippen LogP contribution is 2.18. The molecule has 1 aliphatic carbocycles. The van der Waals surface area contributed by atoms with Crippen molar-refractivity contribution in [1.82, 2.24) is 0 Å². The van der Waals surface area contributed by atoms with Crippen LogP contribution in [0.3, 0.4) is 0 Å². The summed E-state index contributed by atoms with van der Waals surface area (Å²) in [5, 5.41) is 0. The number of hydrogen-bond donors (Lipinski definition) is 0. The van der Waals surface area contributed by atoms with Crippen LogP contribution in [0, 0.1) is 5.92 Å². The average Bonchev–Trinajstić information content (AvgIpc) is 2.03. The Morgan fingerprint density at radius 1 is 1.50 bits per heavy atom. The van der Waals surface area contributed by atoms with Crippen molar-refractivity contribution < 1.29 is 4.74 Å². The van der Waals surface area contributed by atoms with Crippen LogP contribution in [0.15, 0.2) is 24.5 Å². The van der Waals surface area contributed by atoms with Gasteiger partial charge in [0.1, 0.15) is 0 Å². The first-order valence-electron chi connectivity index (χ1n) is 3.78. The Bertz CT molecular complexity index is 136. The molecule has 0 aromatic heterocycles. The van der Waals surface area contributed by atoms with Crippen molar-refractivity contribution in [2.24, 2.45) is 5.92 Å². The van der Waals surface area contributed by atoms with Gasteiger partial charge in [0, 0.05) is 0 Å². The normalized spacial score (nSPS) is 25.5. The largest absolute Gasteiger partial charge is 0.505 e. The minimum atomic E-state index is 0.713. The Kier molecular flexibility index (Phi) is 3.07. The maximum atomic E-state index is 4.84. The third-order valence-corrected chi connectivity index (χ3v) is 1.80. The second-order valence-electron chi connectivity index (χ2n) is 2.61. The Morgan fingerprint density at radius 3 is 3.00 bits per heavy atom. The first-order valence-corrected chi connectivity index (χ1v) is 3.78. The fourth-order valence-corrected chi connectivity index (χ4v) is 1.18. The van der Waals surface area contributed by atoms with E-state index in [-0.39, 0.29) is 0 Å². The summed E-state index contributed by atoms with van der Waals surface area (Å²) in [7, 11) is 1.69. The molecule has 56 valence electrons. The lowest BCUT2D eigenvalue weighted by Crippen LogP contribution is -1.97. The van der Waals surface area contributed by atoms with Crippen LogP contribution in [0.5, 0.6) is 0 Å². The third kappa shape index (κ3) is 2.26. The molecule has 0 spiro atoms. The smallest absolute Gasteiger partial charge is 0.0787 e. The van der Waals surface area contributed by atoms with Gasteiger partial charge in [-0.1, -0.05) is 12.2 Å². The van der Waals surface area contributed by atoms with Gasteiger partial charge in [-0.2, -0.15) is 0 Å². The Morgan fingerprint density at radius 2 is 2.40 bits per heavy atom. The fourth-order valence-electron chi connectivity index (χ4n) is 1.18. The Hall–Kier alpha value is -0.720. The van der Waals surface area contributed by atoms with E-state index < -0.39 is 0 Å². The second-order valence-corrected chi connectivity index (χ2v) is 2.61. The number of hydrogen-bond acceptors (Lipinski definition) is 1. The van der Waals surface area contributed by atoms with Crippen LogP contribution in [0.4, 0.5) is 0 Å². The zero-order valence-electron chi connectivity index (χ0n) is 6.42. The molecule has 0 aromatic rings. The number of allylic oxidation sites excluding steroid dienone is 3. The predicted octanol–water partition coefficient (Wildman–Crippen LogP) is 2.50. The van der Waals surface area contributed by atoms with E-state index in [1.165, 1.54) is 19.3 Å². The summed E-state index contributed by atoms with van der Waals surface area (Å²) in [5.41, 5.74) is 0. The number of methoxy groups -OCH3 is 1. The molecule has 10 heavy (non-hydrogen) atoms. The van der Waals surface area contributed by atoms with Gasteiger partial charge in [-0.15, -0.1) is 0 Å². The molecule has 0 amide bonds. The molecular weight excluding hydrogens is 124 g/mol. The summed E-state index contributed by atoms with van der Waals surface area (Å²) in [6.45, 7) is 0.